The zero-order chi connectivity index (χ0) is 15.7. The average molecular weight is 300 g/mol. The Hall–Kier alpha value is -2.30. The van der Waals surface area contributed by atoms with Gasteiger partial charge in [0.05, 0.1) is 0 Å². The summed E-state index contributed by atoms with van der Waals surface area (Å²) in [6.07, 6.45) is 2.99. The summed E-state index contributed by atoms with van der Waals surface area (Å²) in [5.41, 5.74) is 6.88. The van der Waals surface area contributed by atoms with Crippen LogP contribution in [0.25, 0.3) is 11.0 Å². The van der Waals surface area contributed by atoms with Crippen LogP contribution in [0.4, 0.5) is 0 Å². The smallest absolute Gasteiger partial charge is 0.290 e. The van der Waals surface area contributed by atoms with Crippen molar-refractivity contribution in [3.8, 4) is 0 Å². The molecule has 1 saturated heterocycles. The summed E-state index contributed by atoms with van der Waals surface area (Å²) in [4.78, 5) is 25.9. The number of piperidine rings is 1. The first-order chi connectivity index (χ1) is 10.6. The summed E-state index contributed by atoms with van der Waals surface area (Å²) in [5.74, 6) is -0.136. The molecule has 22 heavy (non-hydrogen) atoms. The highest BCUT2D eigenvalue weighted by atomic mass is 16.3. The van der Waals surface area contributed by atoms with Crippen LogP contribution in [-0.4, -0.2) is 29.3 Å². The van der Waals surface area contributed by atoms with E-state index in [2.05, 4.69) is 0 Å². The van der Waals surface area contributed by atoms with Crippen molar-refractivity contribution in [1.82, 2.24) is 4.90 Å². The molecule has 1 aliphatic heterocycles. The lowest BCUT2D eigenvalue weighted by atomic mass is 9.98. The molecule has 0 unspecified atom stereocenters. The van der Waals surface area contributed by atoms with Crippen LogP contribution in [0, 0.1) is 6.92 Å². The average Bonchev–Trinajstić information content (AvgIpc) is 2.84. The molecule has 1 fully saturated rings. The molecule has 0 aliphatic carbocycles. The van der Waals surface area contributed by atoms with Crippen molar-refractivity contribution in [2.75, 3.05) is 6.54 Å². The molecular weight excluding hydrogens is 280 g/mol. The van der Waals surface area contributed by atoms with E-state index < -0.39 is 0 Å². The molecule has 2 heterocycles. The Labute approximate surface area is 129 Å². The number of carbonyl (C=O) groups is 2. The molecule has 3 rings (SSSR count). The Morgan fingerprint density at radius 2 is 2.09 bits per heavy atom. The summed E-state index contributed by atoms with van der Waals surface area (Å²) in [5, 5.41) is 0.953. The van der Waals surface area contributed by atoms with Crippen molar-refractivity contribution in [1.29, 1.82) is 0 Å². The van der Waals surface area contributed by atoms with Crippen LogP contribution in [0.1, 0.15) is 41.8 Å². The summed E-state index contributed by atoms with van der Waals surface area (Å²) >= 11 is 0. The zero-order valence-electron chi connectivity index (χ0n) is 12.7. The SMILES string of the molecule is Cc1c(C(=O)N2CCCC[C@@H]2CC(N)=O)oc2ccccc12. The Morgan fingerprint density at radius 3 is 2.82 bits per heavy atom. The number of amides is 2. The van der Waals surface area contributed by atoms with Crippen molar-refractivity contribution in [3.63, 3.8) is 0 Å². The predicted octanol–water partition coefficient (Wildman–Crippen LogP) is 2.61. The van der Waals surface area contributed by atoms with Gasteiger partial charge in [0.1, 0.15) is 5.58 Å². The molecule has 2 aromatic rings. The Balaban J connectivity index is 1.93. The van der Waals surface area contributed by atoms with Crippen LogP contribution in [0.3, 0.4) is 0 Å². The van der Waals surface area contributed by atoms with Crippen LogP contribution in [-0.2, 0) is 4.79 Å². The highest BCUT2D eigenvalue weighted by Crippen LogP contribution is 2.28. The van der Waals surface area contributed by atoms with Crippen LogP contribution in [0.2, 0.25) is 0 Å². The molecule has 116 valence electrons. The Bertz CT molecular complexity index is 720. The number of nitrogens with two attached hydrogens (primary N) is 1. The Morgan fingerprint density at radius 1 is 1.32 bits per heavy atom. The number of rotatable bonds is 3. The molecule has 0 spiro atoms. The van der Waals surface area contributed by atoms with Crippen molar-refractivity contribution in [2.45, 2.75) is 38.6 Å². The minimum atomic E-state index is -0.369. The molecule has 1 aliphatic rings. The highest BCUT2D eigenvalue weighted by molar-refractivity contribution is 5.99. The molecule has 0 bridgehead atoms. The van der Waals surface area contributed by atoms with Crippen molar-refractivity contribution < 1.29 is 14.0 Å². The highest BCUT2D eigenvalue weighted by Gasteiger charge is 2.31. The maximum atomic E-state index is 12.9. The van der Waals surface area contributed by atoms with Gasteiger partial charge in [-0.05, 0) is 32.3 Å². The van der Waals surface area contributed by atoms with Gasteiger partial charge in [-0.25, -0.2) is 0 Å². The molecular formula is C17H20N2O3. The monoisotopic (exact) mass is 300 g/mol. The lowest BCUT2D eigenvalue weighted by molar-refractivity contribution is -0.119. The summed E-state index contributed by atoms with van der Waals surface area (Å²) in [6.45, 7) is 2.54. The number of hydrogen-bond donors (Lipinski definition) is 1. The normalized spacial score (nSPS) is 18.6. The van der Waals surface area contributed by atoms with E-state index in [1.807, 2.05) is 31.2 Å². The third-order valence-corrected chi connectivity index (χ3v) is 4.36. The van der Waals surface area contributed by atoms with Gasteiger partial charge in [-0.15, -0.1) is 0 Å². The number of benzene rings is 1. The number of nitrogens with zero attached hydrogens (tertiary/aromatic N) is 1. The number of fused-ring (bicyclic) bond motifs is 1. The maximum Gasteiger partial charge on any atom is 0.290 e. The van der Waals surface area contributed by atoms with Crippen molar-refractivity contribution >= 4 is 22.8 Å². The number of likely N-dealkylation sites (tertiary alicyclic amines) is 1. The van der Waals surface area contributed by atoms with E-state index in [1.54, 1.807) is 4.90 Å². The van der Waals surface area contributed by atoms with Crippen LogP contribution >= 0.6 is 0 Å². The molecule has 2 N–H and O–H groups in total. The number of aryl methyl sites for hydroxylation is 1. The number of para-hydroxylation sites is 1. The van der Waals surface area contributed by atoms with E-state index in [0.717, 1.165) is 30.2 Å². The first-order valence-electron chi connectivity index (χ1n) is 7.65. The first kappa shape index (κ1) is 14.6. The number of hydrogen-bond acceptors (Lipinski definition) is 3. The fourth-order valence-electron chi connectivity index (χ4n) is 3.22. The van der Waals surface area contributed by atoms with Crippen LogP contribution in [0.5, 0.6) is 0 Å². The van der Waals surface area contributed by atoms with Gasteiger partial charge in [-0.3, -0.25) is 9.59 Å². The lowest BCUT2D eigenvalue weighted by Gasteiger charge is -2.34. The molecule has 0 saturated carbocycles. The van der Waals surface area contributed by atoms with Crippen molar-refractivity contribution in [3.05, 3.63) is 35.6 Å². The molecule has 5 heteroatoms. The fraction of sp³-hybridized carbons (Fsp3) is 0.412. The standard InChI is InChI=1S/C17H20N2O3/c1-11-13-7-2-3-8-14(13)22-16(11)17(21)19-9-5-4-6-12(19)10-15(18)20/h2-3,7-8,12H,4-6,9-10H2,1H3,(H2,18,20)/t12-/m1/s1. The summed E-state index contributed by atoms with van der Waals surface area (Å²) in [6, 6.07) is 7.50. The number of furan rings is 1. The van der Waals surface area contributed by atoms with Crippen LogP contribution in [0.15, 0.2) is 28.7 Å². The Kier molecular flexibility index (Phi) is 3.88. The van der Waals surface area contributed by atoms with Gasteiger partial charge in [0.25, 0.3) is 5.91 Å². The third kappa shape index (κ3) is 2.58. The van der Waals surface area contributed by atoms with Gasteiger partial charge in [0.2, 0.25) is 5.91 Å². The second-order valence-corrected chi connectivity index (χ2v) is 5.87. The molecule has 1 atom stereocenters. The maximum absolute atomic E-state index is 12.9. The second kappa shape index (κ2) is 5.83. The van der Waals surface area contributed by atoms with Gasteiger partial charge in [-0.2, -0.15) is 0 Å². The number of primary amides is 1. The predicted molar refractivity (Wildman–Crippen MR) is 83.4 cm³/mol. The summed E-state index contributed by atoms with van der Waals surface area (Å²) < 4.78 is 5.76. The third-order valence-electron chi connectivity index (χ3n) is 4.36. The molecule has 1 aromatic carbocycles. The second-order valence-electron chi connectivity index (χ2n) is 5.87. The fourth-order valence-corrected chi connectivity index (χ4v) is 3.22. The minimum Gasteiger partial charge on any atom is -0.451 e. The van der Waals surface area contributed by atoms with Gasteiger partial charge < -0.3 is 15.1 Å². The quantitative estimate of drug-likeness (QED) is 0.946. The molecule has 2 amide bonds. The summed E-state index contributed by atoms with van der Waals surface area (Å²) in [7, 11) is 0. The first-order valence-corrected chi connectivity index (χ1v) is 7.65. The van der Waals surface area contributed by atoms with E-state index in [-0.39, 0.29) is 24.3 Å². The van der Waals surface area contributed by atoms with Gasteiger partial charge >= 0.3 is 0 Å². The van der Waals surface area contributed by atoms with Gasteiger partial charge in [0.15, 0.2) is 5.76 Å². The van der Waals surface area contributed by atoms with Gasteiger partial charge in [0, 0.05) is 30.0 Å². The van der Waals surface area contributed by atoms with E-state index in [1.165, 1.54) is 0 Å². The van der Waals surface area contributed by atoms with E-state index >= 15 is 0 Å². The van der Waals surface area contributed by atoms with Crippen molar-refractivity contribution in [2.24, 2.45) is 5.73 Å². The molecule has 1 aromatic heterocycles. The molecule has 0 radical (unpaired) electrons. The zero-order valence-corrected chi connectivity index (χ0v) is 12.7. The minimum absolute atomic E-state index is 0.119. The number of carbonyl (C=O) groups excluding carboxylic acids is 2. The van der Waals surface area contributed by atoms with Gasteiger partial charge in [-0.1, -0.05) is 18.2 Å². The van der Waals surface area contributed by atoms with E-state index in [9.17, 15) is 9.59 Å². The molecule has 5 nitrogen and oxygen atoms in total. The van der Waals surface area contributed by atoms with Crippen LogP contribution < -0.4 is 5.73 Å². The largest absolute Gasteiger partial charge is 0.451 e. The lowest BCUT2D eigenvalue weighted by Crippen LogP contribution is -2.45. The topological polar surface area (TPSA) is 76.5 Å². The van der Waals surface area contributed by atoms with E-state index in [4.69, 9.17) is 10.2 Å². The van der Waals surface area contributed by atoms with E-state index in [0.29, 0.717) is 17.9 Å².